The van der Waals surface area contributed by atoms with E-state index in [9.17, 15) is 0 Å². The molecule has 158 valence electrons. The first-order valence-electron chi connectivity index (χ1n) is 10.7. The molecule has 31 heavy (non-hydrogen) atoms. The van der Waals surface area contributed by atoms with Gasteiger partial charge in [-0.05, 0) is 47.7 Å². The molecule has 2 aromatic carbocycles. The summed E-state index contributed by atoms with van der Waals surface area (Å²) in [5.41, 5.74) is 11.1. The Morgan fingerprint density at radius 1 is 1.03 bits per heavy atom. The van der Waals surface area contributed by atoms with E-state index in [4.69, 9.17) is 15.5 Å². The smallest absolute Gasteiger partial charge is 0.155 e. The fourth-order valence-electron chi connectivity index (χ4n) is 5.10. The van der Waals surface area contributed by atoms with Crippen LogP contribution in [-0.4, -0.2) is 22.2 Å². The van der Waals surface area contributed by atoms with Crippen LogP contribution in [0.4, 0.5) is 0 Å². The molecule has 0 bridgehead atoms. The number of nitrogens with zero attached hydrogens (tertiary/aromatic N) is 3. The lowest BCUT2D eigenvalue weighted by atomic mass is 9.69. The van der Waals surface area contributed by atoms with Crippen LogP contribution in [0.15, 0.2) is 72.2 Å². The summed E-state index contributed by atoms with van der Waals surface area (Å²) in [4.78, 5) is 13.3. The van der Waals surface area contributed by atoms with Crippen molar-refractivity contribution < 1.29 is 4.74 Å². The molecule has 3 atom stereocenters. The largest absolute Gasteiger partial charge is 0.497 e. The summed E-state index contributed by atoms with van der Waals surface area (Å²) >= 11 is 1.75. The van der Waals surface area contributed by atoms with Crippen LogP contribution in [-0.2, 0) is 4.75 Å². The standard InChI is InChI=1S/C25H26N4OS/c1-30-21-10-8-20(9-11-21)25-12-3-2-7-22(25)23(29-24(26)31-25)18-6-4-5-17(13-18)19-14-27-16-28-15-19/h4-6,8-11,13-16,22-23H,2-3,7,12H2,1H3,(H2,26,29)/t22?,23-,25-/m1/s1. The second-order valence-electron chi connectivity index (χ2n) is 8.24. The van der Waals surface area contributed by atoms with E-state index in [2.05, 4.69) is 58.5 Å². The number of rotatable bonds is 4. The van der Waals surface area contributed by atoms with E-state index >= 15 is 0 Å². The molecule has 1 unspecified atom stereocenters. The van der Waals surface area contributed by atoms with E-state index < -0.39 is 0 Å². The van der Waals surface area contributed by atoms with Crippen LogP contribution in [0.3, 0.4) is 0 Å². The summed E-state index contributed by atoms with van der Waals surface area (Å²) in [7, 11) is 1.71. The average Bonchev–Trinajstić information content (AvgIpc) is 2.84. The molecule has 1 aliphatic carbocycles. The van der Waals surface area contributed by atoms with Crippen molar-refractivity contribution in [1.29, 1.82) is 0 Å². The minimum atomic E-state index is -0.0626. The van der Waals surface area contributed by atoms with E-state index in [0.717, 1.165) is 29.7 Å². The van der Waals surface area contributed by atoms with Gasteiger partial charge in [-0.1, -0.05) is 54.9 Å². The molecule has 1 aliphatic heterocycles. The highest BCUT2D eigenvalue weighted by atomic mass is 32.2. The van der Waals surface area contributed by atoms with E-state index in [0.29, 0.717) is 11.1 Å². The number of benzene rings is 2. The second kappa shape index (κ2) is 8.35. The summed E-state index contributed by atoms with van der Waals surface area (Å²) in [5.74, 6) is 1.26. The Morgan fingerprint density at radius 2 is 1.84 bits per heavy atom. The third kappa shape index (κ3) is 3.69. The zero-order valence-electron chi connectivity index (χ0n) is 17.6. The van der Waals surface area contributed by atoms with Gasteiger partial charge < -0.3 is 10.5 Å². The normalized spacial score (nSPS) is 25.4. The quantitative estimate of drug-likeness (QED) is 0.605. The van der Waals surface area contributed by atoms with Crippen molar-refractivity contribution in [2.75, 3.05) is 7.11 Å². The van der Waals surface area contributed by atoms with Gasteiger partial charge in [-0.25, -0.2) is 9.97 Å². The van der Waals surface area contributed by atoms with Crippen molar-refractivity contribution in [3.05, 3.63) is 78.4 Å². The van der Waals surface area contributed by atoms with Gasteiger partial charge in [0.25, 0.3) is 0 Å². The summed E-state index contributed by atoms with van der Waals surface area (Å²) in [5, 5.41) is 0.674. The molecular formula is C25H26N4OS. The number of aliphatic imine (C=N–C) groups is 1. The van der Waals surface area contributed by atoms with E-state index in [1.54, 1.807) is 25.2 Å². The number of hydrogen-bond acceptors (Lipinski definition) is 6. The predicted molar refractivity (Wildman–Crippen MR) is 126 cm³/mol. The second-order valence-corrected chi connectivity index (χ2v) is 9.59. The lowest BCUT2D eigenvalue weighted by molar-refractivity contribution is 0.234. The highest BCUT2D eigenvalue weighted by Gasteiger charge is 2.50. The number of aromatic nitrogens is 2. The predicted octanol–water partition coefficient (Wildman–Crippen LogP) is 5.34. The number of thioether (sulfide) groups is 1. The van der Waals surface area contributed by atoms with Crippen LogP contribution in [0.5, 0.6) is 5.75 Å². The monoisotopic (exact) mass is 430 g/mol. The Morgan fingerprint density at radius 3 is 2.61 bits per heavy atom. The van der Waals surface area contributed by atoms with Crippen LogP contribution < -0.4 is 10.5 Å². The van der Waals surface area contributed by atoms with Crippen LogP contribution >= 0.6 is 11.8 Å². The molecule has 2 aliphatic rings. The highest BCUT2D eigenvalue weighted by molar-refractivity contribution is 8.14. The average molecular weight is 431 g/mol. The Bertz CT molecular complexity index is 1090. The number of methoxy groups -OCH3 is 1. The van der Waals surface area contributed by atoms with Crippen molar-refractivity contribution in [2.45, 2.75) is 36.5 Å². The van der Waals surface area contributed by atoms with Crippen molar-refractivity contribution >= 4 is 16.9 Å². The van der Waals surface area contributed by atoms with E-state index in [1.807, 2.05) is 12.4 Å². The number of nitrogens with two attached hydrogens (primary N) is 1. The van der Waals surface area contributed by atoms with Crippen LogP contribution in [0.25, 0.3) is 11.1 Å². The summed E-state index contributed by atoms with van der Waals surface area (Å²) in [6.45, 7) is 0. The maximum absolute atomic E-state index is 6.47. The lowest BCUT2D eigenvalue weighted by Gasteiger charge is -2.49. The Labute approximate surface area is 187 Å². The molecule has 0 radical (unpaired) electrons. The Balaban J connectivity index is 1.57. The summed E-state index contributed by atoms with van der Waals surface area (Å²) in [6, 6.07) is 17.2. The molecule has 5 nitrogen and oxygen atoms in total. The molecule has 0 spiro atoms. The zero-order chi connectivity index (χ0) is 21.3. The maximum atomic E-state index is 6.47. The molecule has 0 saturated heterocycles. The summed E-state index contributed by atoms with van der Waals surface area (Å²) < 4.78 is 5.33. The number of amidine groups is 1. The lowest BCUT2D eigenvalue weighted by Crippen LogP contribution is -2.43. The molecule has 1 fully saturated rings. The molecule has 5 rings (SSSR count). The molecule has 3 aromatic rings. The van der Waals surface area contributed by atoms with Crippen LogP contribution in [0, 0.1) is 5.92 Å². The van der Waals surface area contributed by atoms with Gasteiger partial charge in [-0.2, -0.15) is 0 Å². The van der Waals surface area contributed by atoms with Crippen molar-refractivity contribution in [3.8, 4) is 16.9 Å². The molecule has 1 aromatic heterocycles. The van der Waals surface area contributed by atoms with E-state index in [-0.39, 0.29) is 10.8 Å². The first-order valence-corrected chi connectivity index (χ1v) is 11.5. The number of fused-ring (bicyclic) bond motifs is 1. The topological polar surface area (TPSA) is 73.4 Å². The first kappa shape index (κ1) is 20.1. The fourth-order valence-corrected chi connectivity index (χ4v) is 6.54. The highest BCUT2D eigenvalue weighted by Crippen LogP contribution is 2.59. The van der Waals surface area contributed by atoms with Crippen LogP contribution in [0.1, 0.15) is 42.9 Å². The van der Waals surface area contributed by atoms with Crippen molar-refractivity contribution in [2.24, 2.45) is 16.6 Å². The minimum Gasteiger partial charge on any atom is -0.497 e. The van der Waals surface area contributed by atoms with Gasteiger partial charge in [0, 0.05) is 23.9 Å². The fraction of sp³-hybridized carbons (Fsp3) is 0.320. The van der Waals surface area contributed by atoms with Gasteiger partial charge in [-0.3, -0.25) is 4.99 Å². The van der Waals surface area contributed by atoms with Gasteiger partial charge in [0.2, 0.25) is 0 Å². The molecular weight excluding hydrogens is 404 g/mol. The van der Waals surface area contributed by atoms with E-state index in [1.165, 1.54) is 24.0 Å². The SMILES string of the molecule is COc1ccc([C@]23CCCCC2[C@@H](c2cccc(-c4cncnc4)c2)N=C(N)S3)cc1. The minimum absolute atomic E-state index is 0.0354. The van der Waals surface area contributed by atoms with Gasteiger partial charge in [0.15, 0.2) is 5.17 Å². The molecule has 2 heterocycles. The van der Waals surface area contributed by atoms with Crippen molar-refractivity contribution in [1.82, 2.24) is 9.97 Å². The van der Waals surface area contributed by atoms with Gasteiger partial charge in [0.1, 0.15) is 12.1 Å². The molecule has 2 N–H and O–H groups in total. The van der Waals surface area contributed by atoms with Gasteiger partial charge in [0.05, 0.1) is 17.9 Å². The Hall–Kier alpha value is -2.86. The Kier molecular flexibility index (Phi) is 5.40. The van der Waals surface area contributed by atoms with Gasteiger partial charge >= 0.3 is 0 Å². The first-order chi connectivity index (χ1) is 15.2. The number of hydrogen-bond donors (Lipinski definition) is 1. The van der Waals surface area contributed by atoms with Gasteiger partial charge in [-0.15, -0.1) is 0 Å². The molecule has 0 amide bonds. The zero-order valence-corrected chi connectivity index (χ0v) is 18.4. The third-order valence-electron chi connectivity index (χ3n) is 6.55. The third-order valence-corrected chi connectivity index (χ3v) is 7.97. The molecule has 1 saturated carbocycles. The van der Waals surface area contributed by atoms with Crippen molar-refractivity contribution in [3.63, 3.8) is 0 Å². The van der Waals surface area contributed by atoms with Crippen LogP contribution in [0.2, 0.25) is 0 Å². The number of ether oxygens (including phenoxy) is 1. The molecule has 6 heteroatoms. The summed E-state index contributed by atoms with van der Waals surface area (Å²) in [6.07, 6.45) is 9.93. The maximum Gasteiger partial charge on any atom is 0.155 e.